The topological polar surface area (TPSA) is 12.0 Å². The Labute approximate surface area is 263 Å². The summed E-state index contributed by atoms with van der Waals surface area (Å²) in [4.78, 5) is 0. The van der Waals surface area contributed by atoms with Crippen LogP contribution in [0.5, 0.6) is 0 Å². The summed E-state index contributed by atoms with van der Waals surface area (Å²) in [6, 6.07) is 18.4. The average Bonchev–Trinajstić information content (AvgIpc) is 3.50. The number of aryl methyl sites for hydroxylation is 2. The smallest absolute Gasteiger partial charge is 0.0337 e. The van der Waals surface area contributed by atoms with Crippen LogP contribution in [0.25, 0.3) is 0 Å². The number of hydrogen-bond acceptors (Lipinski definition) is 1. The monoisotopic (exact) mass is 576 g/mol. The molecular weight excluding hydrogens is 506 g/mol. The molecule has 1 atom stereocenters. The van der Waals surface area contributed by atoms with E-state index in [1.165, 1.54) is 100 Å². The van der Waals surface area contributed by atoms with Gasteiger partial charge >= 0.3 is 0 Å². The molecule has 5 rings (SSSR count). The van der Waals surface area contributed by atoms with Crippen LogP contribution in [0.15, 0.2) is 78.4 Å². The molecule has 238 valence electrons. The normalized spacial score (nSPS) is 17.5. The Bertz CT molecular complexity index is 874. The Morgan fingerprint density at radius 2 is 1.10 bits per heavy atom. The first kappa shape index (κ1) is 39.7. The zero-order valence-electron chi connectivity index (χ0n) is 29.4. The summed E-state index contributed by atoms with van der Waals surface area (Å²) >= 11 is 0. The molecule has 0 bridgehead atoms. The lowest BCUT2D eigenvalue weighted by Gasteiger charge is -2.15. The SMILES string of the molecule is CC1=CC=CCC1C.CC1CCCC1.CC1CCCCC1.CCCCC.CNc1ccccc1.Cc1ccccc1C. The van der Waals surface area contributed by atoms with Gasteiger partial charge < -0.3 is 5.32 Å². The van der Waals surface area contributed by atoms with E-state index in [-0.39, 0.29) is 0 Å². The van der Waals surface area contributed by atoms with Gasteiger partial charge in [-0.2, -0.15) is 0 Å². The molecule has 0 radical (unpaired) electrons. The molecule has 0 aromatic heterocycles. The number of unbranched alkanes of at least 4 members (excludes halogenated alkanes) is 2. The third-order valence-electron chi connectivity index (χ3n) is 8.49. The fourth-order valence-electron chi connectivity index (χ4n) is 4.91. The Kier molecular flexibility index (Phi) is 26.1. The molecule has 3 aliphatic carbocycles. The highest BCUT2D eigenvalue weighted by molar-refractivity contribution is 5.41. The number of anilines is 1. The minimum absolute atomic E-state index is 0.778. The van der Waals surface area contributed by atoms with Gasteiger partial charge in [-0.25, -0.2) is 0 Å². The second-order valence-corrected chi connectivity index (χ2v) is 12.7. The van der Waals surface area contributed by atoms with Crippen LogP contribution in [-0.2, 0) is 0 Å². The molecular formula is C41H69N. The molecule has 1 heteroatoms. The van der Waals surface area contributed by atoms with Crippen LogP contribution in [-0.4, -0.2) is 7.05 Å². The van der Waals surface area contributed by atoms with E-state index in [4.69, 9.17) is 0 Å². The quantitative estimate of drug-likeness (QED) is 0.384. The summed E-state index contributed by atoms with van der Waals surface area (Å²) in [5.74, 6) is 2.86. The van der Waals surface area contributed by atoms with Gasteiger partial charge in [-0.1, -0.05) is 178 Å². The van der Waals surface area contributed by atoms with E-state index in [1.807, 2.05) is 37.4 Å². The van der Waals surface area contributed by atoms with Crippen molar-refractivity contribution in [3.05, 3.63) is 89.5 Å². The molecule has 0 saturated heterocycles. The lowest BCUT2D eigenvalue weighted by atomic mass is 9.91. The van der Waals surface area contributed by atoms with E-state index in [0.29, 0.717) is 0 Å². The minimum atomic E-state index is 0.778. The van der Waals surface area contributed by atoms with Gasteiger partial charge in [-0.15, -0.1) is 0 Å². The first-order valence-corrected chi connectivity index (χ1v) is 17.3. The number of nitrogens with one attached hydrogen (secondary N) is 1. The highest BCUT2D eigenvalue weighted by atomic mass is 14.8. The molecule has 2 fully saturated rings. The Morgan fingerprint density at radius 3 is 1.33 bits per heavy atom. The van der Waals surface area contributed by atoms with Gasteiger partial charge in [-0.05, 0) is 68.2 Å². The van der Waals surface area contributed by atoms with Crippen LogP contribution < -0.4 is 5.32 Å². The Morgan fingerprint density at radius 1 is 0.643 bits per heavy atom. The van der Waals surface area contributed by atoms with E-state index in [9.17, 15) is 0 Å². The third-order valence-corrected chi connectivity index (χ3v) is 8.49. The van der Waals surface area contributed by atoms with Gasteiger partial charge in [0.05, 0.1) is 0 Å². The van der Waals surface area contributed by atoms with Gasteiger partial charge in [0.25, 0.3) is 0 Å². The van der Waals surface area contributed by atoms with Crippen LogP contribution in [0.2, 0.25) is 0 Å². The number of rotatable bonds is 3. The summed E-state index contributed by atoms with van der Waals surface area (Å²) in [5, 5.41) is 3.03. The zero-order chi connectivity index (χ0) is 31.4. The first-order chi connectivity index (χ1) is 20.2. The lowest BCUT2D eigenvalue weighted by molar-refractivity contribution is 0.385. The van der Waals surface area contributed by atoms with Crippen molar-refractivity contribution in [2.24, 2.45) is 17.8 Å². The number of allylic oxidation sites excluding steroid dienone is 4. The van der Waals surface area contributed by atoms with Crippen LogP contribution >= 0.6 is 0 Å². The van der Waals surface area contributed by atoms with E-state index in [0.717, 1.165) is 23.4 Å². The summed E-state index contributed by atoms with van der Waals surface area (Å²) in [5.41, 5.74) is 5.40. The van der Waals surface area contributed by atoms with E-state index >= 15 is 0 Å². The second-order valence-electron chi connectivity index (χ2n) is 12.7. The minimum Gasteiger partial charge on any atom is -0.388 e. The van der Waals surface area contributed by atoms with Crippen LogP contribution in [0.4, 0.5) is 5.69 Å². The molecule has 1 unspecified atom stereocenters. The first-order valence-electron chi connectivity index (χ1n) is 17.3. The number of para-hydroxylation sites is 1. The molecule has 1 nitrogen and oxygen atoms in total. The van der Waals surface area contributed by atoms with Crippen molar-refractivity contribution in [3.63, 3.8) is 0 Å². The van der Waals surface area contributed by atoms with Gasteiger partial charge in [0.2, 0.25) is 0 Å². The van der Waals surface area contributed by atoms with Gasteiger partial charge in [-0.3, -0.25) is 0 Å². The summed E-state index contributed by atoms with van der Waals surface area (Å²) in [6.45, 7) is 17.8. The highest BCUT2D eigenvalue weighted by Gasteiger charge is 2.07. The molecule has 42 heavy (non-hydrogen) atoms. The molecule has 0 heterocycles. The number of benzene rings is 2. The maximum absolute atomic E-state index is 3.03. The fourth-order valence-corrected chi connectivity index (χ4v) is 4.91. The van der Waals surface area contributed by atoms with Gasteiger partial charge in [0.1, 0.15) is 0 Å². The van der Waals surface area contributed by atoms with Crippen molar-refractivity contribution in [2.45, 2.75) is 139 Å². The van der Waals surface area contributed by atoms with Crippen LogP contribution in [0, 0.1) is 31.6 Å². The molecule has 0 aliphatic heterocycles. The fraction of sp³-hybridized carbons (Fsp3) is 0.610. The molecule has 3 aliphatic rings. The van der Waals surface area contributed by atoms with Crippen molar-refractivity contribution >= 4 is 5.69 Å². The Balaban J connectivity index is 0.000000484. The van der Waals surface area contributed by atoms with E-state index in [2.05, 4.69) is 103 Å². The molecule has 2 saturated carbocycles. The molecule has 0 amide bonds. The van der Waals surface area contributed by atoms with Gasteiger partial charge in [0, 0.05) is 12.7 Å². The van der Waals surface area contributed by atoms with Crippen molar-refractivity contribution in [2.75, 3.05) is 12.4 Å². The van der Waals surface area contributed by atoms with Crippen molar-refractivity contribution < 1.29 is 0 Å². The van der Waals surface area contributed by atoms with Crippen molar-refractivity contribution in [1.29, 1.82) is 0 Å². The largest absolute Gasteiger partial charge is 0.388 e. The summed E-state index contributed by atoms with van der Waals surface area (Å²) < 4.78 is 0. The average molecular weight is 576 g/mol. The molecule has 1 N–H and O–H groups in total. The second kappa shape index (κ2) is 27.5. The van der Waals surface area contributed by atoms with E-state index < -0.39 is 0 Å². The predicted molar refractivity (Wildman–Crippen MR) is 194 cm³/mol. The predicted octanol–water partition coefficient (Wildman–Crippen LogP) is 13.5. The highest BCUT2D eigenvalue weighted by Crippen LogP contribution is 2.23. The summed E-state index contributed by atoms with van der Waals surface area (Å²) in [6.07, 6.45) is 25.2. The maximum Gasteiger partial charge on any atom is 0.0337 e. The molecule has 2 aromatic carbocycles. The lowest BCUT2D eigenvalue weighted by Crippen LogP contribution is -1.99. The maximum atomic E-state index is 3.03. The van der Waals surface area contributed by atoms with E-state index in [1.54, 1.807) is 0 Å². The standard InChI is InChI=1S/C8H12.C8H10.C7H9N.C7H14.C6H12.C5H12/c2*1-7-5-3-4-6-8(7)2;1-8-7-5-3-2-4-6-7;1-7-5-3-2-4-6-7;1-6-4-2-3-5-6;1-3-5-4-2/h3-5,8H,6H2,1-2H3;3-6H,1-2H3;2-6,8H,1H3;7H,2-6H2,1H3;6H,2-5H2,1H3;3-5H2,1-2H3. The van der Waals surface area contributed by atoms with Gasteiger partial charge in [0.15, 0.2) is 0 Å². The van der Waals surface area contributed by atoms with Crippen molar-refractivity contribution in [1.82, 2.24) is 0 Å². The summed E-state index contributed by atoms with van der Waals surface area (Å²) in [7, 11) is 1.91. The third kappa shape index (κ3) is 23.3. The Hall–Kier alpha value is -2.28. The number of hydrogen-bond donors (Lipinski definition) is 1. The zero-order valence-corrected chi connectivity index (χ0v) is 29.4. The van der Waals surface area contributed by atoms with Crippen LogP contribution in [0.1, 0.15) is 136 Å². The molecule has 0 spiro atoms. The van der Waals surface area contributed by atoms with Crippen LogP contribution in [0.3, 0.4) is 0 Å². The van der Waals surface area contributed by atoms with Crippen molar-refractivity contribution in [3.8, 4) is 0 Å². The molecule has 2 aromatic rings.